The van der Waals surface area contributed by atoms with E-state index < -0.39 is 0 Å². The van der Waals surface area contributed by atoms with Gasteiger partial charge in [-0.1, -0.05) is 24.3 Å². The maximum atomic E-state index is 4.76. The summed E-state index contributed by atoms with van der Waals surface area (Å²) in [6.45, 7) is 1.10. The first-order valence-corrected chi connectivity index (χ1v) is 7.83. The Hall–Kier alpha value is -1.78. The Morgan fingerprint density at radius 2 is 2.05 bits per heavy atom. The van der Waals surface area contributed by atoms with Gasteiger partial charge in [0.15, 0.2) is 0 Å². The standard InChI is InChI=1S/C16H15N3S/c1-2-5-12-11(4-1)7-8-14(18-12)16-19-15(10-20-16)13-6-3-9-17-13/h1-2,4-5,7-8,10,13,17H,3,6,9H2. The molecular formula is C16H15N3S. The molecule has 20 heavy (non-hydrogen) atoms. The normalized spacial score (nSPS) is 18.7. The molecule has 1 aliphatic heterocycles. The molecule has 0 amide bonds. The van der Waals surface area contributed by atoms with Crippen LogP contribution in [0.4, 0.5) is 0 Å². The van der Waals surface area contributed by atoms with Crippen molar-refractivity contribution in [2.24, 2.45) is 0 Å². The number of thiazole rings is 1. The van der Waals surface area contributed by atoms with Crippen LogP contribution in [0.25, 0.3) is 21.6 Å². The van der Waals surface area contributed by atoms with Crippen LogP contribution in [0.3, 0.4) is 0 Å². The zero-order valence-electron chi connectivity index (χ0n) is 11.0. The first kappa shape index (κ1) is 12.0. The van der Waals surface area contributed by atoms with E-state index in [1.165, 1.54) is 18.2 Å². The van der Waals surface area contributed by atoms with Gasteiger partial charge in [-0.25, -0.2) is 9.97 Å². The van der Waals surface area contributed by atoms with E-state index in [0.717, 1.165) is 28.5 Å². The minimum Gasteiger partial charge on any atom is -0.309 e. The Balaban J connectivity index is 1.71. The molecular weight excluding hydrogens is 266 g/mol. The molecule has 0 spiro atoms. The predicted molar refractivity (Wildman–Crippen MR) is 82.8 cm³/mol. The van der Waals surface area contributed by atoms with Crippen LogP contribution in [0, 0.1) is 0 Å². The van der Waals surface area contributed by atoms with Crippen molar-refractivity contribution in [2.45, 2.75) is 18.9 Å². The number of benzene rings is 1. The second-order valence-corrected chi connectivity index (χ2v) is 5.97. The summed E-state index contributed by atoms with van der Waals surface area (Å²) in [5.74, 6) is 0. The lowest BCUT2D eigenvalue weighted by Gasteiger charge is -2.05. The first-order chi connectivity index (χ1) is 9.90. The van der Waals surface area contributed by atoms with Crippen LogP contribution in [0.1, 0.15) is 24.6 Å². The number of pyridine rings is 1. The van der Waals surface area contributed by atoms with Crippen molar-refractivity contribution >= 4 is 22.2 Å². The summed E-state index contributed by atoms with van der Waals surface area (Å²) < 4.78 is 0. The number of rotatable bonds is 2. The summed E-state index contributed by atoms with van der Waals surface area (Å²) >= 11 is 1.68. The van der Waals surface area contributed by atoms with E-state index >= 15 is 0 Å². The van der Waals surface area contributed by atoms with Crippen molar-refractivity contribution in [3.63, 3.8) is 0 Å². The fraction of sp³-hybridized carbons (Fsp3) is 0.250. The number of hydrogen-bond donors (Lipinski definition) is 1. The van der Waals surface area contributed by atoms with Gasteiger partial charge in [0, 0.05) is 10.8 Å². The van der Waals surface area contributed by atoms with Gasteiger partial charge in [-0.15, -0.1) is 11.3 Å². The van der Waals surface area contributed by atoms with E-state index in [1.807, 2.05) is 18.2 Å². The Kier molecular flexibility index (Phi) is 2.98. The number of aromatic nitrogens is 2. The second kappa shape index (κ2) is 4.96. The molecule has 1 fully saturated rings. The van der Waals surface area contributed by atoms with Crippen LogP contribution in [-0.4, -0.2) is 16.5 Å². The fourth-order valence-corrected chi connectivity index (χ4v) is 3.53. The molecule has 1 unspecified atom stereocenters. The van der Waals surface area contributed by atoms with E-state index in [0.29, 0.717) is 6.04 Å². The Morgan fingerprint density at radius 3 is 2.95 bits per heavy atom. The van der Waals surface area contributed by atoms with Crippen LogP contribution in [-0.2, 0) is 0 Å². The lowest BCUT2D eigenvalue weighted by atomic mass is 10.2. The number of nitrogens with one attached hydrogen (secondary N) is 1. The summed E-state index contributed by atoms with van der Waals surface area (Å²) in [6.07, 6.45) is 2.43. The minimum absolute atomic E-state index is 0.431. The number of nitrogens with zero attached hydrogens (tertiary/aromatic N) is 2. The molecule has 3 heterocycles. The first-order valence-electron chi connectivity index (χ1n) is 6.95. The van der Waals surface area contributed by atoms with E-state index in [1.54, 1.807) is 11.3 Å². The van der Waals surface area contributed by atoms with Gasteiger partial charge in [-0.3, -0.25) is 0 Å². The quantitative estimate of drug-likeness (QED) is 0.776. The third-order valence-corrected chi connectivity index (χ3v) is 4.64. The van der Waals surface area contributed by atoms with Gasteiger partial charge in [-0.2, -0.15) is 0 Å². The lowest BCUT2D eigenvalue weighted by molar-refractivity contribution is 0.632. The molecule has 4 rings (SSSR count). The molecule has 1 saturated heterocycles. The number of fused-ring (bicyclic) bond motifs is 1. The van der Waals surface area contributed by atoms with Crippen LogP contribution in [0.5, 0.6) is 0 Å². The summed E-state index contributed by atoms with van der Waals surface area (Å²) in [5, 5.41) is 7.84. The smallest absolute Gasteiger partial charge is 0.142 e. The average Bonchev–Trinajstić information content (AvgIpc) is 3.17. The van der Waals surface area contributed by atoms with Crippen LogP contribution in [0.2, 0.25) is 0 Å². The highest BCUT2D eigenvalue weighted by molar-refractivity contribution is 7.13. The summed E-state index contributed by atoms with van der Waals surface area (Å²) in [4.78, 5) is 9.48. The van der Waals surface area contributed by atoms with Crippen LogP contribution < -0.4 is 5.32 Å². The molecule has 1 aromatic carbocycles. The van der Waals surface area contributed by atoms with Gasteiger partial charge in [0.25, 0.3) is 0 Å². The summed E-state index contributed by atoms with van der Waals surface area (Å²) in [7, 11) is 0. The molecule has 1 atom stereocenters. The molecule has 3 nitrogen and oxygen atoms in total. The van der Waals surface area contributed by atoms with Crippen molar-refractivity contribution in [3.05, 3.63) is 47.5 Å². The molecule has 2 aromatic heterocycles. The number of para-hydroxylation sites is 1. The van der Waals surface area contributed by atoms with E-state index in [9.17, 15) is 0 Å². The lowest BCUT2D eigenvalue weighted by Crippen LogP contribution is -2.12. The van der Waals surface area contributed by atoms with E-state index in [2.05, 4.69) is 28.9 Å². The van der Waals surface area contributed by atoms with E-state index in [4.69, 9.17) is 9.97 Å². The van der Waals surface area contributed by atoms with Gasteiger partial charge < -0.3 is 5.32 Å². The van der Waals surface area contributed by atoms with Crippen molar-refractivity contribution in [2.75, 3.05) is 6.54 Å². The number of hydrogen-bond acceptors (Lipinski definition) is 4. The molecule has 4 heteroatoms. The molecule has 0 saturated carbocycles. The molecule has 0 bridgehead atoms. The van der Waals surface area contributed by atoms with Crippen LogP contribution in [0.15, 0.2) is 41.8 Å². The van der Waals surface area contributed by atoms with Crippen molar-refractivity contribution < 1.29 is 0 Å². The highest BCUT2D eigenvalue weighted by atomic mass is 32.1. The Morgan fingerprint density at radius 1 is 1.10 bits per heavy atom. The maximum Gasteiger partial charge on any atom is 0.142 e. The second-order valence-electron chi connectivity index (χ2n) is 5.12. The Labute approximate surface area is 121 Å². The third kappa shape index (κ3) is 2.11. The molecule has 1 aliphatic rings. The van der Waals surface area contributed by atoms with Gasteiger partial charge in [0.05, 0.1) is 22.9 Å². The third-order valence-electron chi connectivity index (χ3n) is 3.76. The molecule has 100 valence electrons. The van der Waals surface area contributed by atoms with E-state index in [-0.39, 0.29) is 0 Å². The largest absolute Gasteiger partial charge is 0.309 e. The molecule has 0 aliphatic carbocycles. The van der Waals surface area contributed by atoms with Gasteiger partial charge in [-0.05, 0) is 31.5 Å². The maximum absolute atomic E-state index is 4.76. The zero-order valence-corrected chi connectivity index (χ0v) is 11.9. The highest BCUT2D eigenvalue weighted by Crippen LogP contribution is 2.29. The SMILES string of the molecule is c1ccc2nc(-c3nc(C4CCCN4)cs3)ccc2c1. The average molecular weight is 281 g/mol. The molecule has 0 radical (unpaired) electrons. The van der Waals surface area contributed by atoms with Gasteiger partial charge in [0.2, 0.25) is 0 Å². The monoisotopic (exact) mass is 281 g/mol. The van der Waals surface area contributed by atoms with Crippen molar-refractivity contribution in [3.8, 4) is 10.7 Å². The molecule has 1 N–H and O–H groups in total. The van der Waals surface area contributed by atoms with Crippen molar-refractivity contribution in [1.82, 2.24) is 15.3 Å². The zero-order chi connectivity index (χ0) is 13.4. The van der Waals surface area contributed by atoms with Crippen LogP contribution >= 0.6 is 11.3 Å². The summed E-state index contributed by atoms with van der Waals surface area (Å²) in [6, 6.07) is 12.8. The molecule has 3 aromatic rings. The predicted octanol–water partition coefficient (Wildman–Crippen LogP) is 3.78. The topological polar surface area (TPSA) is 37.8 Å². The fourth-order valence-electron chi connectivity index (χ4n) is 2.69. The summed E-state index contributed by atoms with van der Waals surface area (Å²) in [5.41, 5.74) is 3.16. The highest BCUT2D eigenvalue weighted by Gasteiger charge is 2.19. The van der Waals surface area contributed by atoms with Gasteiger partial charge in [0.1, 0.15) is 5.01 Å². The minimum atomic E-state index is 0.431. The van der Waals surface area contributed by atoms with Gasteiger partial charge >= 0.3 is 0 Å². The Bertz CT molecular complexity index is 744. The van der Waals surface area contributed by atoms with Crippen molar-refractivity contribution in [1.29, 1.82) is 0 Å².